The summed E-state index contributed by atoms with van der Waals surface area (Å²) in [6, 6.07) is 18.7. The Morgan fingerprint density at radius 1 is 1.08 bits per heavy atom. The van der Waals surface area contributed by atoms with Gasteiger partial charge in [0.2, 0.25) is 0 Å². The molecule has 10 heteroatoms. The SMILES string of the molecule is CCc1ccc(N2C(=O)/C(=C/c3ccc(OCc4cccc([N+](=O)[O-])c4)c(Br)c3)C(=O)NC2=S)cc1. The zero-order valence-electron chi connectivity index (χ0n) is 19.1. The van der Waals surface area contributed by atoms with Gasteiger partial charge in [-0.2, -0.15) is 0 Å². The molecule has 1 aliphatic heterocycles. The molecule has 0 atom stereocenters. The van der Waals surface area contributed by atoms with Gasteiger partial charge < -0.3 is 4.74 Å². The lowest BCUT2D eigenvalue weighted by molar-refractivity contribution is -0.384. The maximum Gasteiger partial charge on any atom is 0.270 e. The van der Waals surface area contributed by atoms with E-state index in [0.29, 0.717) is 27.0 Å². The summed E-state index contributed by atoms with van der Waals surface area (Å²) in [7, 11) is 0. The number of benzene rings is 3. The van der Waals surface area contributed by atoms with Crippen LogP contribution in [0.2, 0.25) is 0 Å². The van der Waals surface area contributed by atoms with Crippen molar-refractivity contribution >= 4 is 62.5 Å². The standard InChI is InChI=1S/C26H20BrN3O5S/c1-2-16-6-9-19(10-7-16)29-25(32)21(24(31)28-26(29)36)13-17-8-11-23(22(27)14-17)35-15-18-4-3-5-20(12-18)30(33)34/h3-14H,2,15H2,1H3,(H,28,31,36)/b21-13+. The minimum absolute atomic E-state index is 0.0117. The molecule has 0 radical (unpaired) electrons. The van der Waals surface area contributed by atoms with Gasteiger partial charge in [-0.15, -0.1) is 0 Å². The Bertz CT molecular complexity index is 1400. The van der Waals surface area contributed by atoms with Crippen LogP contribution in [0.1, 0.15) is 23.6 Å². The van der Waals surface area contributed by atoms with Gasteiger partial charge >= 0.3 is 0 Å². The number of rotatable bonds is 7. The molecule has 0 aromatic heterocycles. The smallest absolute Gasteiger partial charge is 0.270 e. The fourth-order valence-electron chi connectivity index (χ4n) is 3.58. The number of amides is 2. The van der Waals surface area contributed by atoms with Gasteiger partial charge in [-0.25, -0.2) is 0 Å². The number of carbonyl (C=O) groups excluding carboxylic acids is 2. The third-order valence-corrected chi connectivity index (χ3v) is 6.39. The number of ether oxygens (including phenoxy) is 1. The van der Waals surface area contributed by atoms with Crippen molar-refractivity contribution in [3.63, 3.8) is 0 Å². The summed E-state index contributed by atoms with van der Waals surface area (Å²) < 4.78 is 6.38. The largest absolute Gasteiger partial charge is 0.488 e. The fraction of sp³-hybridized carbons (Fsp3) is 0.115. The number of anilines is 1. The highest BCUT2D eigenvalue weighted by atomic mass is 79.9. The van der Waals surface area contributed by atoms with Gasteiger partial charge in [0.1, 0.15) is 17.9 Å². The maximum atomic E-state index is 13.2. The number of nitro benzene ring substituents is 1. The molecule has 182 valence electrons. The van der Waals surface area contributed by atoms with Crippen LogP contribution in [0.4, 0.5) is 11.4 Å². The molecular formula is C26H20BrN3O5S. The Morgan fingerprint density at radius 2 is 1.83 bits per heavy atom. The molecule has 0 saturated carbocycles. The van der Waals surface area contributed by atoms with E-state index in [2.05, 4.69) is 21.2 Å². The van der Waals surface area contributed by atoms with Crippen molar-refractivity contribution in [3.05, 3.63) is 104 Å². The number of carbonyl (C=O) groups is 2. The van der Waals surface area contributed by atoms with E-state index in [-0.39, 0.29) is 23.0 Å². The average Bonchev–Trinajstić information content (AvgIpc) is 2.86. The Hall–Kier alpha value is -3.89. The van der Waals surface area contributed by atoms with Gasteiger partial charge in [-0.05, 0) is 81.6 Å². The molecular weight excluding hydrogens is 546 g/mol. The molecule has 1 aliphatic rings. The minimum atomic E-state index is -0.575. The quantitative estimate of drug-likeness (QED) is 0.136. The summed E-state index contributed by atoms with van der Waals surface area (Å²) >= 11 is 8.70. The van der Waals surface area contributed by atoms with E-state index in [0.717, 1.165) is 12.0 Å². The molecule has 1 heterocycles. The molecule has 1 fully saturated rings. The van der Waals surface area contributed by atoms with Crippen LogP contribution in [0.3, 0.4) is 0 Å². The van der Waals surface area contributed by atoms with Gasteiger partial charge in [0.25, 0.3) is 17.5 Å². The number of nitro groups is 1. The molecule has 1 saturated heterocycles. The topological polar surface area (TPSA) is 102 Å². The van der Waals surface area contributed by atoms with E-state index in [4.69, 9.17) is 17.0 Å². The lowest BCUT2D eigenvalue weighted by atomic mass is 10.1. The molecule has 36 heavy (non-hydrogen) atoms. The van der Waals surface area contributed by atoms with E-state index in [1.807, 2.05) is 19.1 Å². The van der Waals surface area contributed by atoms with Crippen molar-refractivity contribution in [2.24, 2.45) is 0 Å². The first kappa shape index (κ1) is 25.2. The van der Waals surface area contributed by atoms with Crippen molar-refractivity contribution in [1.29, 1.82) is 0 Å². The zero-order valence-corrected chi connectivity index (χ0v) is 21.5. The zero-order chi connectivity index (χ0) is 25.8. The summed E-state index contributed by atoms with van der Waals surface area (Å²) in [5, 5.41) is 13.6. The van der Waals surface area contributed by atoms with Gasteiger partial charge in [0.15, 0.2) is 5.11 Å². The van der Waals surface area contributed by atoms with E-state index in [9.17, 15) is 19.7 Å². The lowest BCUT2D eigenvalue weighted by Gasteiger charge is -2.29. The number of nitrogens with zero attached hydrogens (tertiary/aromatic N) is 2. The first-order chi connectivity index (χ1) is 17.3. The van der Waals surface area contributed by atoms with E-state index >= 15 is 0 Å². The lowest BCUT2D eigenvalue weighted by Crippen LogP contribution is -2.54. The third-order valence-electron chi connectivity index (χ3n) is 5.49. The Balaban J connectivity index is 1.53. The van der Waals surface area contributed by atoms with Crippen LogP contribution in [0.15, 0.2) is 76.8 Å². The maximum absolute atomic E-state index is 13.2. The second kappa shape index (κ2) is 10.8. The second-order valence-corrected chi connectivity index (χ2v) is 9.12. The van der Waals surface area contributed by atoms with Crippen molar-refractivity contribution < 1.29 is 19.2 Å². The number of nitrogens with one attached hydrogen (secondary N) is 1. The van der Waals surface area contributed by atoms with Crippen molar-refractivity contribution in [1.82, 2.24) is 5.32 Å². The molecule has 0 spiro atoms. The number of non-ortho nitro benzene ring substituents is 1. The van der Waals surface area contributed by atoms with Gasteiger partial charge in [-0.1, -0.05) is 37.3 Å². The first-order valence-corrected chi connectivity index (χ1v) is 12.1. The summed E-state index contributed by atoms with van der Waals surface area (Å²) in [6.45, 7) is 2.17. The Labute approximate surface area is 220 Å². The normalized spacial score (nSPS) is 14.7. The molecule has 0 unspecified atom stereocenters. The van der Waals surface area contributed by atoms with Crippen LogP contribution < -0.4 is 15.0 Å². The van der Waals surface area contributed by atoms with Crippen molar-refractivity contribution in [2.75, 3.05) is 4.90 Å². The van der Waals surface area contributed by atoms with Gasteiger partial charge in [0.05, 0.1) is 15.1 Å². The van der Waals surface area contributed by atoms with Crippen LogP contribution in [-0.2, 0) is 22.6 Å². The number of hydrogen-bond donors (Lipinski definition) is 1. The highest BCUT2D eigenvalue weighted by molar-refractivity contribution is 9.10. The Morgan fingerprint density at radius 3 is 2.50 bits per heavy atom. The van der Waals surface area contributed by atoms with Crippen molar-refractivity contribution in [2.45, 2.75) is 20.0 Å². The molecule has 8 nitrogen and oxygen atoms in total. The summed E-state index contributed by atoms with van der Waals surface area (Å²) in [6.07, 6.45) is 2.35. The van der Waals surface area contributed by atoms with Crippen LogP contribution in [-0.4, -0.2) is 21.9 Å². The number of hydrogen-bond acceptors (Lipinski definition) is 6. The number of thiocarbonyl (C=S) groups is 1. The van der Waals surface area contributed by atoms with E-state index in [1.165, 1.54) is 23.1 Å². The Kier molecular flexibility index (Phi) is 7.56. The third kappa shape index (κ3) is 5.50. The van der Waals surface area contributed by atoms with E-state index in [1.54, 1.807) is 42.5 Å². The average molecular weight is 566 g/mol. The molecule has 4 rings (SSSR count). The highest BCUT2D eigenvalue weighted by Crippen LogP contribution is 2.29. The molecule has 0 bridgehead atoms. The van der Waals surface area contributed by atoms with Crippen molar-refractivity contribution in [3.8, 4) is 5.75 Å². The monoisotopic (exact) mass is 565 g/mol. The van der Waals surface area contributed by atoms with Crippen LogP contribution >= 0.6 is 28.1 Å². The molecule has 0 aliphatic carbocycles. The minimum Gasteiger partial charge on any atom is -0.488 e. The molecule has 3 aromatic carbocycles. The fourth-order valence-corrected chi connectivity index (χ4v) is 4.38. The number of halogens is 1. The predicted molar refractivity (Wildman–Crippen MR) is 144 cm³/mol. The summed E-state index contributed by atoms with van der Waals surface area (Å²) in [5.41, 5.74) is 2.86. The van der Waals surface area contributed by atoms with Gasteiger partial charge in [0, 0.05) is 12.1 Å². The van der Waals surface area contributed by atoms with Crippen LogP contribution in [0.25, 0.3) is 6.08 Å². The highest BCUT2D eigenvalue weighted by Gasteiger charge is 2.34. The summed E-state index contributed by atoms with van der Waals surface area (Å²) in [5.74, 6) is -0.592. The van der Waals surface area contributed by atoms with Crippen LogP contribution in [0.5, 0.6) is 5.75 Å². The summed E-state index contributed by atoms with van der Waals surface area (Å²) in [4.78, 5) is 37.6. The number of aryl methyl sites for hydroxylation is 1. The second-order valence-electron chi connectivity index (χ2n) is 7.88. The van der Waals surface area contributed by atoms with Crippen LogP contribution in [0, 0.1) is 10.1 Å². The predicted octanol–water partition coefficient (Wildman–Crippen LogP) is 5.33. The molecule has 2 amide bonds. The molecule has 1 N–H and O–H groups in total. The first-order valence-electron chi connectivity index (χ1n) is 10.9. The van der Waals surface area contributed by atoms with Gasteiger partial charge in [-0.3, -0.25) is 29.9 Å². The van der Waals surface area contributed by atoms with E-state index < -0.39 is 16.7 Å². The molecule has 3 aromatic rings.